The van der Waals surface area contributed by atoms with Gasteiger partial charge >= 0.3 is 0 Å². The maximum Gasteiger partial charge on any atom is 0.0645 e. The van der Waals surface area contributed by atoms with Gasteiger partial charge in [0.25, 0.3) is 0 Å². The molecule has 0 aromatic heterocycles. The van der Waals surface area contributed by atoms with Gasteiger partial charge in [0.2, 0.25) is 0 Å². The first-order valence-electron chi connectivity index (χ1n) is 9.12. The zero-order valence-corrected chi connectivity index (χ0v) is 17.9. The second-order valence-corrected chi connectivity index (χ2v) is 8.87. The molecule has 1 aliphatic heterocycles. The largest absolute Gasteiger partial charge is 0.392 e. The van der Waals surface area contributed by atoms with E-state index in [9.17, 15) is 5.11 Å². The summed E-state index contributed by atoms with van der Waals surface area (Å²) in [6.45, 7) is 0. The minimum Gasteiger partial charge on any atom is -0.392 e. The first kappa shape index (κ1) is 18.9. The molecule has 0 unspecified atom stereocenters. The smallest absolute Gasteiger partial charge is 0.0645 e. The number of piperidine rings is 1. The fourth-order valence-corrected chi connectivity index (χ4v) is 4.52. The Bertz CT molecular complexity index is 881. The molecule has 1 fully saturated rings. The standard InChI is InChI=1S/C23H21Br2NO/c24-18-10-6-15(7-11-18)20-14-21(27)22(16-4-2-1-3-5-16)23(26-20)17-8-12-19(25)13-9-17/h1-13,20-23,26-27H,14H2/t20-,21+,22-,23-/m1/s1. The summed E-state index contributed by atoms with van der Waals surface area (Å²) < 4.78 is 2.12. The van der Waals surface area contributed by atoms with Crippen molar-refractivity contribution in [3.8, 4) is 0 Å². The Morgan fingerprint density at radius 1 is 0.704 bits per heavy atom. The SMILES string of the molecule is O[C@H]1C[C@H](c2ccc(Br)cc2)N[C@H](c2ccc(Br)cc2)[C@@H]1c1ccccc1. The van der Waals surface area contributed by atoms with Crippen LogP contribution < -0.4 is 5.32 Å². The number of nitrogens with one attached hydrogen (secondary N) is 1. The molecule has 1 aliphatic rings. The van der Waals surface area contributed by atoms with Crippen LogP contribution in [0.2, 0.25) is 0 Å². The van der Waals surface area contributed by atoms with Gasteiger partial charge in [-0.2, -0.15) is 0 Å². The maximum absolute atomic E-state index is 11.1. The van der Waals surface area contributed by atoms with Gasteiger partial charge < -0.3 is 10.4 Å². The predicted octanol–water partition coefficient (Wildman–Crippen LogP) is 6.13. The van der Waals surface area contributed by atoms with Crippen molar-refractivity contribution in [2.75, 3.05) is 0 Å². The van der Waals surface area contributed by atoms with Gasteiger partial charge in [-0.3, -0.25) is 0 Å². The lowest BCUT2D eigenvalue weighted by Gasteiger charge is -2.42. The molecule has 0 spiro atoms. The van der Waals surface area contributed by atoms with Gasteiger partial charge in [-0.05, 0) is 47.4 Å². The van der Waals surface area contributed by atoms with Gasteiger partial charge in [-0.15, -0.1) is 0 Å². The molecule has 1 heterocycles. The Morgan fingerprint density at radius 2 is 1.26 bits per heavy atom. The second-order valence-electron chi connectivity index (χ2n) is 7.04. The molecule has 138 valence electrons. The number of aliphatic hydroxyl groups is 1. The highest BCUT2D eigenvalue weighted by Crippen LogP contribution is 2.43. The zero-order chi connectivity index (χ0) is 18.8. The molecule has 0 amide bonds. The highest BCUT2D eigenvalue weighted by Gasteiger charge is 2.38. The number of aliphatic hydroxyl groups excluding tert-OH is 1. The van der Waals surface area contributed by atoms with Gasteiger partial charge in [-0.1, -0.05) is 86.5 Å². The normalized spacial score (nSPS) is 25.3. The minimum atomic E-state index is -0.420. The van der Waals surface area contributed by atoms with Crippen LogP contribution in [0.1, 0.15) is 41.1 Å². The Balaban J connectivity index is 1.71. The van der Waals surface area contributed by atoms with Crippen LogP contribution in [-0.4, -0.2) is 11.2 Å². The number of hydrogen-bond donors (Lipinski definition) is 2. The van der Waals surface area contributed by atoms with Crippen LogP contribution in [0.25, 0.3) is 0 Å². The third-order valence-electron chi connectivity index (χ3n) is 5.32. The first-order chi connectivity index (χ1) is 13.1. The number of hydrogen-bond acceptors (Lipinski definition) is 2. The van der Waals surface area contributed by atoms with Crippen molar-refractivity contribution >= 4 is 31.9 Å². The molecule has 0 aliphatic carbocycles. The van der Waals surface area contributed by atoms with Gasteiger partial charge in [0.15, 0.2) is 0 Å². The molecule has 2 N–H and O–H groups in total. The van der Waals surface area contributed by atoms with Gasteiger partial charge in [-0.25, -0.2) is 0 Å². The van der Waals surface area contributed by atoms with Crippen molar-refractivity contribution < 1.29 is 5.11 Å². The number of benzene rings is 3. The summed E-state index contributed by atoms with van der Waals surface area (Å²) in [7, 11) is 0. The lowest BCUT2D eigenvalue weighted by Crippen LogP contribution is -2.43. The molecule has 0 bridgehead atoms. The molecule has 0 saturated carbocycles. The van der Waals surface area contributed by atoms with Crippen molar-refractivity contribution in [1.82, 2.24) is 5.32 Å². The van der Waals surface area contributed by atoms with Gasteiger partial charge in [0, 0.05) is 26.9 Å². The summed E-state index contributed by atoms with van der Waals surface area (Å²) >= 11 is 7.03. The summed E-state index contributed by atoms with van der Waals surface area (Å²) in [5, 5.41) is 14.9. The van der Waals surface area contributed by atoms with E-state index in [4.69, 9.17) is 0 Å². The molecule has 1 saturated heterocycles. The van der Waals surface area contributed by atoms with E-state index in [1.807, 2.05) is 18.2 Å². The lowest BCUT2D eigenvalue weighted by molar-refractivity contribution is 0.0681. The van der Waals surface area contributed by atoms with Crippen LogP contribution >= 0.6 is 31.9 Å². The Kier molecular flexibility index (Phi) is 5.79. The van der Waals surface area contributed by atoms with Crippen molar-refractivity contribution in [2.24, 2.45) is 0 Å². The molecule has 3 aromatic carbocycles. The Morgan fingerprint density at radius 3 is 1.85 bits per heavy atom. The molecule has 3 aromatic rings. The van der Waals surface area contributed by atoms with E-state index in [1.54, 1.807) is 0 Å². The molecule has 27 heavy (non-hydrogen) atoms. The van der Waals surface area contributed by atoms with Crippen molar-refractivity contribution in [3.63, 3.8) is 0 Å². The summed E-state index contributed by atoms with van der Waals surface area (Å²) in [5.74, 6) is 0.0130. The average molecular weight is 487 g/mol. The van der Waals surface area contributed by atoms with Crippen LogP contribution in [0.15, 0.2) is 87.8 Å². The van der Waals surface area contributed by atoms with Crippen molar-refractivity contribution in [1.29, 1.82) is 0 Å². The minimum absolute atomic E-state index is 0.0130. The van der Waals surface area contributed by atoms with Crippen LogP contribution in [0.5, 0.6) is 0 Å². The highest BCUT2D eigenvalue weighted by molar-refractivity contribution is 9.10. The average Bonchev–Trinajstić information content (AvgIpc) is 2.69. The van der Waals surface area contributed by atoms with E-state index < -0.39 is 6.10 Å². The quantitative estimate of drug-likeness (QED) is 0.466. The van der Waals surface area contributed by atoms with Crippen molar-refractivity contribution in [3.05, 3.63) is 104 Å². The Labute approximate surface area is 176 Å². The molecule has 2 nitrogen and oxygen atoms in total. The van der Waals surface area contributed by atoms with E-state index in [-0.39, 0.29) is 18.0 Å². The van der Waals surface area contributed by atoms with Crippen LogP contribution in [-0.2, 0) is 0 Å². The van der Waals surface area contributed by atoms with Gasteiger partial charge in [0.05, 0.1) is 6.10 Å². The van der Waals surface area contributed by atoms with E-state index in [0.717, 1.165) is 8.95 Å². The van der Waals surface area contributed by atoms with E-state index in [0.29, 0.717) is 6.42 Å². The van der Waals surface area contributed by atoms with Gasteiger partial charge in [0.1, 0.15) is 0 Å². The molecule has 4 atom stereocenters. The third kappa shape index (κ3) is 4.19. The second kappa shape index (κ2) is 8.27. The zero-order valence-electron chi connectivity index (χ0n) is 14.7. The maximum atomic E-state index is 11.1. The third-order valence-corrected chi connectivity index (χ3v) is 6.37. The fraction of sp³-hybridized carbons (Fsp3) is 0.217. The van der Waals surface area contributed by atoms with Crippen LogP contribution in [0, 0.1) is 0 Å². The lowest BCUT2D eigenvalue weighted by atomic mass is 9.76. The fourth-order valence-electron chi connectivity index (χ4n) is 3.99. The monoisotopic (exact) mass is 485 g/mol. The molecular weight excluding hydrogens is 466 g/mol. The molecular formula is C23H21Br2NO. The molecule has 0 radical (unpaired) electrons. The number of rotatable bonds is 3. The Hall–Kier alpha value is -1.46. The summed E-state index contributed by atoms with van der Waals surface area (Å²) in [6.07, 6.45) is 0.268. The first-order valence-corrected chi connectivity index (χ1v) is 10.7. The van der Waals surface area contributed by atoms with Crippen LogP contribution in [0.4, 0.5) is 0 Å². The summed E-state index contributed by atoms with van der Waals surface area (Å²) in [6, 6.07) is 27.2. The number of halogens is 2. The topological polar surface area (TPSA) is 32.3 Å². The van der Waals surface area contributed by atoms with E-state index in [2.05, 4.69) is 97.8 Å². The van der Waals surface area contributed by atoms with Crippen molar-refractivity contribution in [2.45, 2.75) is 30.5 Å². The molecule has 4 heteroatoms. The summed E-state index contributed by atoms with van der Waals surface area (Å²) in [4.78, 5) is 0. The van der Waals surface area contributed by atoms with E-state index >= 15 is 0 Å². The molecule has 4 rings (SSSR count). The summed E-state index contributed by atoms with van der Waals surface area (Å²) in [5.41, 5.74) is 3.55. The van der Waals surface area contributed by atoms with E-state index in [1.165, 1.54) is 16.7 Å². The van der Waals surface area contributed by atoms with Crippen LogP contribution in [0.3, 0.4) is 0 Å². The predicted molar refractivity (Wildman–Crippen MR) is 117 cm³/mol. The highest BCUT2D eigenvalue weighted by atomic mass is 79.9.